The van der Waals surface area contributed by atoms with Gasteiger partial charge in [0.25, 0.3) is 20.0 Å². The lowest BCUT2D eigenvalue weighted by atomic mass is 10.2. The van der Waals surface area contributed by atoms with Gasteiger partial charge in [0.15, 0.2) is 0 Å². The van der Waals surface area contributed by atoms with E-state index >= 15 is 0 Å². The van der Waals surface area contributed by atoms with Crippen LogP contribution >= 0.6 is 21.6 Å². The van der Waals surface area contributed by atoms with Gasteiger partial charge >= 0.3 is 12.1 Å². The Morgan fingerprint density at radius 1 is 0.765 bits per heavy atom. The van der Waals surface area contributed by atoms with Gasteiger partial charge in [0, 0.05) is 0 Å². The Bertz CT molecular complexity index is 1240. The van der Waals surface area contributed by atoms with Crippen molar-refractivity contribution in [2.24, 2.45) is 0 Å². The predicted octanol–water partition coefficient (Wildman–Crippen LogP) is 2.47. The standard InChI is InChI=1S/C20H22N4O6S4/c1-13-5-3-7-15(9-13)33(27,28)21-19(25)23-11-17(23)31-32-18-12-24(18)20(26)22-34(29,30)16-8-4-6-14(2)10-16/h3-10,17-18H,11-12H2,1-2H3,(H,21,25)(H,22,26). The first kappa shape index (κ1) is 24.7. The molecule has 2 aliphatic heterocycles. The molecule has 2 unspecified atom stereocenters. The van der Waals surface area contributed by atoms with Crippen LogP contribution in [0.3, 0.4) is 0 Å². The van der Waals surface area contributed by atoms with E-state index in [-0.39, 0.29) is 20.5 Å². The summed E-state index contributed by atoms with van der Waals surface area (Å²) in [5, 5.41) is -0.474. The SMILES string of the molecule is Cc1cccc(S(=O)(=O)NC(=O)N2CC2SSC2CN2C(=O)NS(=O)(=O)c2cccc(C)c2)c1. The van der Waals surface area contributed by atoms with E-state index in [1.165, 1.54) is 55.7 Å². The van der Waals surface area contributed by atoms with Gasteiger partial charge < -0.3 is 9.80 Å². The number of hydrogen-bond acceptors (Lipinski definition) is 8. The Balaban J connectivity index is 1.22. The predicted molar refractivity (Wildman–Crippen MR) is 130 cm³/mol. The molecule has 2 aromatic carbocycles. The third kappa shape index (κ3) is 5.79. The van der Waals surface area contributed by atoms with E-state index in [1.807, 2.05) is 0 Å². The van der Waals surface area contributed by atoms with Crippen molar-refractivity contribution in [3.8, 4) is 0 Å². The van der Waals surface area contributed by atoms with E-state index in [0.29, 0.717) is 13.1 Å². The number of rotatable bonds is 7. The van der Waals surface area contributed by atoms with Crippen LogP contribution in [0.4, 0.5) is 9.59 Å². The molecule has 0 bridgehead atoms. The molecule has 10 nitrogen and oxygen atoms in total. The van der Waals surface area contributed by atoms with Crippen molar-refractivity contribution < 1.29 is 26.4 Å². The zero-order chi connectivity index (χ0) is 24.7. The average Bonchev–Trinajstić information content (AvgIpc) is 3.66. The normalized spacial score (nSPS) is 19.5. The lowest BCUT2D eigenvalue weighted by Gasteiger charge is -2.09. The minimum atomic E-state index is -3.97. The molecule has 2 atom stereocenters. The quantitative estimate of drug-likeness (QED) is 0.403. The minimum absolute atomic E-state index is 0.0153. The molecule has 14 heteroatoms. The van der Waals surface area contributed by atoms with Crippen LogP contribution in [0.2, 0.25) is 0 Å². The molecule has 0 aliphatic carbocycles. The van der Waals surface area contributed by atoms with Gasteiger partial charge in [-0.05, 0) is 49.2 Å². The van der Waals surface area contributed by atoms with Gasteiger partial charge in [0.1, 0.15) is 10.7 Å². The topological polar surface area (TPSA) is 132 Å². The molecule has 0 spiro atoms. The highest BCUT2D eigenvalue weighted by atomic mass is 33.1. The number of urea groups is 2. The summed E-state index contributed by atoms with van der Waals surface area (Å²) in [6.45, 7) is 4.25. The van der Waals surface area contributed by atoms with Crippen molar-refractivity contribution in [1.82, 2.24) is 19.2 Å². The van der Waals surface area contributed by atoms with Gasteiger partial charge in [-0.15, -0.1) is 0 Å². The maximum atomic E-state index is 12.4. The molecule has 2 aromatic rings. The largest absolute Gasteiger partial charge is 0.332 e. The molecule has 182 valence electrons. The highest BCUT2D eigenvalue weighted by molar-refractivity contribution is 8.77. The Morgan fingerprint density at radius 3 is 1.50 bits per heavy atom. The van der Waals surface area contributed by atoms with Crippen molar-refractivity contribution in [3.05, 3.63) is 59.7 Å². The van der Waals surface area contributed by atoms with Crippen LogP contribution in [0.5, 0.6) is 0 Å². The van der Waals surface area contributed by atoms with Gasteiger partial charge in [0.2, 0.25) is 0 Å². The first-order valence-electron chi connectivity index (χ1n) is 10.1. The molecule has 2 saturated heterocycles. The van der Waals surface area contributed by atoms with Crippen LogP contribution in [0.15, 0.2) is 58.3 Å². The minimum Gasteiger partial charge on any atom is -0.306 e. The lowest BCUT2D eigenvalue weighted by molar-refractivity contribution is 0.233. The zero-order valence-electron chi connectivity index (χ0n) is 18.2. The summed E-state index contributed by atoms with van der Waals surface area (Å²) >= 11 is 0. The molecule has 34 heavy (non-hydrogen) atoms. The van der Waals surface area contributed by atoms with E-state index in [1.54, 1.807) is 38.1 Å². The number of hydrogen-bond donors (Lipinski definition) is 2. The number of carbonyl (C=O) groups is 2. The fraction of sp³-hybridized carbons (Fsp3) is 0.300. The molecule has 2 fully saturated rings. The zero-order valence-corrected chi connectivity index (χ0v) is 21.4. The number of aryl methyl sites for hydroxylation is 2. The molecular formula is C20H22N4O6S4. The first-order valence-corrected chi connectivity index (χ1v) is 15.3. The van der Waals surface area contributed by atoms with Crippen molar-refractivity contribution in [2.45, 2.75) is 34.4 Å². The number of nitrogens with one attached hydrogen (secondary N) is 2. The molecule has 0 saturated carbocycles. The highest BCUT2D eigenvalue weighted by Crippen LogP contribution is 2.45. The Labute approximate surface area is 206 Å². The molecule has 0 radical (unpaired) electrons. The van der Waals surface area contributed by atoms with E-state index in [4.69, 9.17) is 0 Å². The number of nitrogens with zero attached hydrogens (tertiary/aromatic N) is 2. The summed E-state index contributed by atoms with van der Waals surface area (Å²) in [5.41, 5.74) is 1.52. The van der Waals surface area contributed by atoms with Crippen LogP contribution in [-0.4, -0.2) is 62.5 Å². The van der Waals surface area contributed by atoms with E-state index < -0.39 is 32.1 Å². The van der Waals surface area contributed by atoms with Crippen molar-refractivity contribution >= 4 is 53.7 Å². The summed E-state index contributed by atoms with van der Waals surface area (Å²) in [6, 6.07) is 11.1. The van der Waals surface area contributed by atoms with Crippen LogP contribution in [0.1, 0.15) is 11.1 Å². The molecule has 2 N–H and O–H groups in total. The third-order valence-corrected chi connectivity index (χ3v) is 10.6. The number of sulfonamides is 2. The number of amides is 4. The van der Waals surface area contributed by atoms with Gasteiger partial charge in [-0.2, -0.15) is 0 Å². The second kappa shape index (κ2) is 9.32. The second-order valence-electron chi connectivity index (χ2n) is 7.86. The molecule has 2 aliphatic rings. The summed E-state index contributed by atoms with van der Waals surface area (Å²) in [7, 11) is -5.28. The van der Waals surface area contributed by atoms with Crippen LogP contribution in [0, 0.1) is 13.8 Å². The molecule has 2 heterocycles. The smallest absolute Gasteiger partial charge is 0.306 e. The molecule has 4 amide bonds. The van der Waals surface area contributed by atoms with E-state index in [2.05, 4.69) is 9.44 Å². The monoisotopic (exact) mass is 542 g/mol. The van der Waals surface area contributed by atoms with E-state index in [9.17, 15) is 26.4 Å². The summed E-state index contributed by atoms with van der Waals surface area (Å²) < 4.78 is 53.7. The summed E-state index contributed by atoms with van der Waals surface area (Å²) in [4.78, 5) is 27.4. The molecular weight excluding hydrogens is 521 g/mol. The summed E-state index contributed by atoms with van der Waals surface area (Å²) in [6.07, 6.45) is 0. The average molecular weight is 543 g/mol. The number of carbonyl (C=O) groups excluding carboxylic acids is 2. The van der Waals surface area contributed by atoms with Gasteiger partial charge in [-0.1, -0.05) is 45.9 Å². The highest BCUT2D eigenvalue weighted by Gasteiger charge is 2.46. The third-order valence-electron chi connectivity index (χ3n) is 4.98. The Morgan fingerprint density at radius 2 is 1.15 bits per heavy atom. The Hall–Kier alpha value is -2.42. The Kier molecular flexibility index (Phi) is 6.77. The summed E-state index contributed by atoms with van der Waals surface area (Å²) in [5.74, 6) is 0. The van der Waals surface area contributed by atoms with Crippen molar-refractivity contribution in [3.63, 3.8) is 0 Å². The van der Waals surface area contributed by atoms with Crippen molar-refractivity contribution in [2.75, 3.05) is 13.1 Å². The maximum Gasteiger partial charge on any atom is 0.332 e. The maximum absolute atomic E-state index is 12.4. The van der Waals surface area contributed by atoms with Gasteiger partial charge in [0.05, 0.1) is 22.9 Å². The lowest BCUT2D eigenvalue weighted by Crippen LogP contribution is -2.35. The molecule has 4 rings (SSSR count). The van der Waals surface area contributed by atoms with Gasteiger partial charge in [-0.3, -0.25) is 0 Å². The molecule has 0 aromatic heterocycles. The van der Waals surface area contributed by atoms with Crippen molar-refractivity contribution in [1.29, 1.82) is 0 Å². The van der Waals surface area contributed by atoms with Crippen LogP contribution in [-0.2, 0) is 20.0 Å². The number of benzene rings is 2. The van der Waals surface area contributed by atoms with Crippen LogP contribution in [0.25, 0.3) is 0 Å². The fourth-order valence-electron chi connectivity index (χ4n) is 2.99. The van der Waals surface area contributed by atoms with Crippen LogP contribution < -0.4 is 9.44 Å². The first-order chi connectivity index (χ1) is 16.0. The second-order valence-corrected chi connectivity index (χ2v) is 13.9. The van der Waals surface area contributed by atoms with E-state index in [0.717, 1.165) is 11.1 Å². The fourth-order valence-corrected chi connectivity index (χ4v) is 7.98. The van der Waals surface area contributed by atoms with Gasteiger partial charge in [-0.25, -0.2) is 35.9 Å².